The van der Waals surface area contributed by atoms with E-state index in [9.17, 15) is 19.2 Å². The zero-order valence-electron chi connectivity index (χ0n) is 21.5. The molecule has 0 radical (unpaired) electrons. The number of carbonyl (C=O) groups is 3. The molecule has 0 bridgehead atoms. The summed E-state index contributed by atoms with van der Waals surface area (Å²) in [5, 5.41) is 12.2. The number of nitrogens with one attached hydrogen (secondary N) is 1. The van der Waals surface area contributed by atoms with Gasteiger partial charge in [-0.1, -0.05) is 41.9 Å². The quantitative estimate of drug-likeness (QED) is 0.299. The zero-order chi connectivity index (χ0) is 29.1. The summed E-state index contributed by atoms with van der Waals surface area (Å²) < 4.78 is 8.68. The van der Waals surface area contributed by atoms with Crippen LogP contribution in [-0.2, 0) is 24.4 Å². The van der Waals surface area contributed by atoms with Crippen molar-refractivity contribution in [2.75, 3.05) is 13.2 Å². The summed E-state index contributed by atoms with van der Waals surface area (Å²) in [6.07, 6.45) is 0. The maximum atomic E-state index is 13.7. The number of ether oxygens (including phenoxy) is 1. The second-order valence-electron chi connectivity index (χ2n) is 9.27. The molecule has 41 heavy (non-hydrogen) atoms. The first-order valence-electron chi connectivity index (χ1n) is 12.6. The summed E-state index contributed by atoms with van der Waals surface area (Å²) in [7, 11) is 0. The Morgan fingerprint density at radius 1 is 1.00 bits per heavy atom. The van der Waals surface area contributed by atoms with Gasteiger partial charge in [-0.2, -0.15) is 0 Å². The minimum absolute atomic E-state index is 0.0304. The van der Waals surface area contributed by atoms with Gasteiger partial charge in [0, 0.05) is 29.7 Å². The van der Waals surface area contributed by atoms with E-state index in [0.29, 0.717) is 32.2 Å². The van der Waals surface area contributed by atoms with Crippen molar-refractivity contribution < 1.29 is 24.2 Å². The molecule has 1 aliphatic heterocycles. The van der Waals surface area contributed by atoms with Crippen LogP contribution in [0.25, 0.3) is 5.69 Å². The summed E-state index contributed by atoms with van der Waals surface area (Å²) in [4.78, 5) is 53.1. The van der Waals surface area contributed by atoms with Crippen LogP contribution in [0.15, 0.2) is 82.1 Å². The molecule has 0 atom stereocenters. The Labute approximate surface area is 247 Å². The van der Waals surface area contributed by atoms with Crippen molar-refractivity contribution in [3.63, 3.8) is 0 Å². The largest absolute Gasteiger partial charge is 0.482 e. The van der Waals surface area contributed by atoms with Gasteiger partial charge in [-0.15, -0.1) is 0 Å². The number of nitrogens with zero attached hydrogens (tertiary/aromatic N) is 3. The lowest BCUT2D eigenvalue weighted by Crippen LogP contribution is -2.41. The Morgan fingerprint density at radius 3 is 2.41 bits per heavy atom. The van der Waals surface area contributed by atoms with Gasteiger partial charge in [0.25, 0.3) is 11.8 Å². The number of hydrogen-bond acceptors (Lipinski definition) is 5. The summed E-state index contributed by atoms with van der Waals surface area (Å²) in [5.74, 6) is -1.58. The monoisotopic (exact) mass is 638 g/mol. The minimum Gasteiger partial charge on any atom is -0.482 e. The highest BCUT2D eigenvalue weighted by Gasteiger charge is 2.32. The van der Waals surface area contributed by atoms with Crippen molar-refractivity contribution in [1.82, 2.24) is 19.4 Å². The molecule has 0 fully saturated rings. The molecule has 1 aromatic heterocycles. The van der Waals surface area contributed by atoms with E-state index in [1.54, 1.807) is 35.2 Å². The fourth-order valence-corrected chi connectivity index (χ4v) is 5.04. The number of carboxylic acids is 1. The molecule has 0 saturated carbocycles. The number of aliphatic carboxylic acids is 1. The maximum absolute atomic E-state index is 13.7. The van der Waals surface area contributed by atoms with Crippen molar-refractivity contribution >= 4 is 45.3 Å². The molecule has 2 heterocycles. The van der Waals surface area contributed by atoms with E-state index in [1.807, 2.05) is 30.3 Å². The lowest BCUT2D eigenvalue weighted by atomic mass is 10.1. The third-order valence-electron chi connectivity index (χ3n) is 6.60. The number of rotatable bonds is 8. The van der Waals surface area contributed by atoms with E-state index in [0.717, 1.165) is 5.56 Å². The SMILES string of the molecule is O=C(O)COc1ccc(-n2c(C(=O)NCc3ccccc3)c3n(c2=O)CCN(C(=O)c2ccc(Br)c(Cl)c2)C3)cc1. The summed E-state index contributed by atoms with van der Waals surface area (Å²) in [6, 6.07) is 20.5. The van der Waals surface area contributed by atoms with Crippen LogP contribution in [0.3, 0.4) is 0 Å². The third kappa shape index (κ3) is 6.06. The first kappa shape index (κ1) is 28.2. The number of hydrogen-bond donors (Lipinski definition) is 2. The number of benzene rings is 3. The van der Waals surface area contributed by atoms with Gasteiger partial charge in [0.15, 0.2) is 6.61 Å². The molecule has 210 valence electrons. The van der Waals surface area contributed by atoms with E-state index >= 15 is 0 Å². The Kier molecular flexibility index (Phi) is 8.27. The molecule has 2 N–H and O–H groups in total. The molecular formula is C29H24BrClN4O6. The Hall–Kier alpha value is -4.35. The summed E-state index contributed by atoms with van der Waals surface area (Å²) >= 11 is 9.54. The smallest absolute Gasteiger partial charge is 0.341 e. The molecule has 10 nitrogen and oxygen atoms in total. The maximum Gasteiger partial charge on any atom is 0.341 e. The number of imidazole rings is 1. The van der Waals surface area contributed by atoms with Crippen molar-refractivity contribution in [2.24, 2.45) is 0 Å². The van der Waals surface area contributed by atoms with Crippen molar-refractivity contribution in [3.8, 4) is 11.4 Å². The molecule has 12 heteroatoms. The third-order valence-corrected chi connectivity index (χ3v) is 7.83. The van der Waals surface area contributed by atoms with Gasteiger partial charge in [-0.3, -0.25) is 18.7 Å². The highest BCUT2D eigenvalue weighted by atomic mass is 79.9. The van der Waals surface area contributed by atoms with E-state index in [2.05, 4.69) is 21.2 Å². The molecule has 4 aromatic rings. The molecule has 3 aromatic carbocycles. The highest BCUT2D eigenvalue weighted by Crippen LogP contribution is 2.26. The lowest BCUT2D eigenvalue weighted by molar-refractivity contribution is -0.139. The fourth-order valence-electron chi connectivity index (χ4n) is 4.62. The first-order chi connectivity index (χ1) is 19.7. The second-order valence-corrected chi connectivity index (χ2v) is 10.5. The van der Waals surface area contributed by atoms with Crippen LogP contribution in [0.5, 0.6) is 5.75 Å². The first-order valence-corrected chi connectivity index (χ1v) is 13.8. The molecule has 2 amide bonds. The molecule has 0 unspecified atom stereocenters. The van der Waals surface area contributed by atoms with Gasteiger partial charge < -0.3 is 20.1 Å². The van der Waals surface area contributed by atoms with Crippen LogP contribution in [0.4, 0.5) is 0 Å². The zero-order valence-corrected chi connectivity index (χ0v) is 23.9. The highest BCUT2D eigenvalue weighted by molar-refractivity contribution is 9.10. The van der Waals surface area contributed by atoms with Crippen LogP contribution in [0.2, 0.25) is 5.02 Å². The average molecular weight is 640 g/mol. The Morgan fingerprint density at radius 2 is 1.73 bits per heavy atom. The van der Waals surface area contributed by atoms with E-state index < -0.39 is 24.2 Å². The van der Waals surface area contributed by atoms with Gasteiger partial charge >= 0.3 is 11.7 Å². The van der Waals surface area contributed by atoms with E-state index in [1.165, 1.54) is 21.3 Å². The van der Waals surface area contributed by atoms with Gasteiger partial charge in [0.1, 0.15) is 11.4 Å². The van der Waals surface area contributed by atoms with E-state index in [-0.39, 0.29) is 37.8 Å². The predicted octanol–water partition coefficient (Wildman–Crippen LogP) is 4.10. The molecule has 1 aliphatic rings. The van der Waals surface area contributed by atoms with Gasteiger partial charge in [-0.25, -0.2) is 9.59 Å². The molecular weight excluding hydrogens is 616 g/mol. The molecule has 0 aliphatic carbocycles. The topological polar surface area (TPSA) is 123 Å². The second kappa shape index (κ2) is 12.0. The number of halogens is 2. The van der Waals surface area contributed by atoms with Crippen molar-refractivity contribution in [2.45, 2.75) is 19.6 Å². The van der Waals surface area contributed by atoms with Crippen molar-refractivity contribution in [3.05, 3.63) is 115 Å². The van der Waals surface area contributed by atoms with Crippen LogP contribution in [-0.4, -0.2) is 50.1 Å². The summed E-state index contributed by atoms with van der Waals surface area (Å²) in [5.41, 5.74) is 1.74. The number of carbonyl (C=O) groups excluding carboxylic acids is 2. The summed E-state index contributed by atoms with van der Waals surface area (Å²) in [6.45, 7) is 0.204. The van der Waals surface area contributed by atoms with E-state index in [4.69, 9.17) is 21.4 Å². The molecule has 0 saturated heterocycles. The normalized spacial score (nSPS) is 12.5. The minimum atomic E-state index is -1.12. The number of carboxylic acid groups (broad SMARTS) is 1. The van der Waals surface area contributed by atoms with Crippen LogP contribution in [0, 0.1) is 0 Å². The lowest BCUT2D eigenvalue weighted by Gasteiger charge is -2.28. The van der Waals surface area contributed by atoms with Gasteiger partial charge in [-0.05, 0) is 64.0 Å². The van der Waals surface area contributed by atoms with Crippen LogP contribution < -0.4 is 15.7 Å². The van der Waals surface area contributed by atoms with Crippen LogP contribution >= 0.6 is 27.5 Å². The Balaban J connectivity index is 1.51. The molecule has 0 spiro atoms. The number of aromatic nitrogens is 2. The average Bonchev–Trinajstić information content (AvgIpc) is 3.28. The number of amides is 2. The predicted molar refractivity (Wildman–Crippen MR) is 155 cm³/mol. The van der Waals surface area contributed by atoms with Crippen molar-refractivity contribution in [1.29, 1.82) is 0 Å². The fraction of sp³-hybridized carbons (Fsp3) is 0.172. The van der Waals surface area contributed by atoms with Crippen LogP contribution in [0.1, 0.15) is 32.1 Å². The van der Waals surface area contributed by atoms with Gasteiger partial charge in [0.05, 0.1) is 22.9 Å². The standard InChI is InChI=1S/C29H24BrClN4O6/c30-22-11-6-19(14-23(22)31)28(39)33-12-13-34-24(16-33)26(27(38)32-15-18-4-2-1-3-5-18)35(29(34)40)20-7-9-21(10-8-20)41-17-25(36)37/h1-11,14H,12-13,15-17H2,(H,32,38)(H,36,37). The van der Waals surface area contributed by atoms with Gasteiger partial charge in [0.2, 0.25) is 0 Å². The Bertz CT molecular complexity index is 1680. The number of fused-ring (bicyclic) bond motifs is 1. The molecule has 5 rings (SSSR count).